The highest BCUT2D eigenvalue weighted by Gasteiger charge is 2.10. The Bertz CT molecular complexity index is 433. The second kappa shape index (κ2) is 5.89. The topological polar surface area (TPSA) is 59.8 Å². The van der Waals surface area contributed by atoms with Crippen LogP contribution in [-0.4, -0.2) is 37.5 Å². The number of amides is 1. The summed E-state index contributed by atoms with van der Waals surface area (Å²) in [5, 5.41) is 0. The molecule has 0 saturated heterocycles. The summed E-state index contributed by atoms with van der Waals surface area (Å²) in [4.78, 5) is 23.8. The first kappa shape index (κ1) is 13.0. The summed E-state index contributed by atoms with van der Waals surface area (Å²) in [6.45, 7) is 1.75. The molecule has 5 nitrogen and oxygen atoms in total. The number of carbonyl (C=O) groups excluding carboxylic acids is 2. The predicted octanol–water partition coefficient (Wildman–Crippen LogP) is 1.23. The van der Waals surface area contributed by atoms with Gasteiger partial charge in [-0.2, -0.15) is 0 Å². The number of rotatable bonds is 4. The molecule has 0 saturated carbocycles. The molecule has 1 rings (SSSR count). The Labute approximate surface area is 99.7 Å². The van der Waals surface area contributed by atoms with Crippen molar-refractivity contribution in [1.29, 1.82) is 0 Å². The van der Waals surface area contributed by atoms with Crippen LogP contribution >= 0.6 is 0 Å². The van der Waals surface area contributed by atoms with Crippen LogP contribution in [0.5, 0.6) is 0 Å². The third kappa shape index (κ3) is 4.14. The third-order valence-corrected chi connectivity index (χ3v) is 2.12. The molecule has 0 radical (unpaired) electrons. The van der Waals surface area contributed by atoms with Gasteiger partial charge in [0, 0.05) is 13.1 Å². The van der Waals surface area contributed by atoms with Crippen LogP contribution in [0.1, 0.15) is 11.5 Å². The zero-order chi connectivity index (χ0) is 12.8. The maximum Gasteiger partial charge on any atom is 0.325 e. The highest BCUT2D eigenvalue weighted by Crippen LogP contribution is 2.08. The van der Waals surface area contributed by atoms with Gasteiger partial charge < -0.3 is 14.1 Å². The Hall–Kier alpha value is -2.04. The summed E-state index contributed by atoms with van der Waals surface area (Å²) < 4.78 is 9.73. The molecule has 1 aromatic heterocycles. The molecule has 1 aromatic rings. The number of likely N-dealkylation sites (N-methyl/N-ethyl adjacent to an activating group) is 1. The fraction of sp³-hybridized carbons (Fsp3) is 0.333. The quantitative estimate of drug-likeness (QED) is 0.583. The molecular weight excluding hydrogens is 222 g/mol. The minimum atomic E-state index is -0.455. The monoisotopic (exact) mass is 237 g/mol. The van der Waals surface area contributed by atoms with E-state index >= 15 is 0 Å². The van der Waals surface area contributed by atoms with Crippen LogP contribution in [0.2, 0.25) is 0 Å². The van der Waals surface area contributed by atoms with Crippen LogP contribution in [0, 0.1) is 6.92 Å². The normalized spacial score (nSPS) is 10.5. The standard InChI is InChI=1S/C12H15NO4/c1-9-4-5-10(17-9)6-7-11(14)13(2)8-12(15)16-3/h4-7H,8H2,1-3H3. The Kier molecular flexibility index (Phi) is 4.51. The number of hydrogen-bond donors (Lipinski definition) is 0. The van der Waals surface area contributed by atoms with E-state index < -0.39 is 5.97 Å². The number of aryl methyl sites for hydroxylation is 1. The first-order valence-corrected chi connectivity index (χ1v) is 5.09. The first-order valence-electron chi connectivity index (χ1n) is 5.09. The van der Waals surface area contributed by atoms with Crippen molar-refractivity contribution in [1.82, 2.24) is 4.90 Å². The molecule has 0 N–H and O–H groups in total. The van der Waals surface area contributed by atoms with Gasteiger partial charge >= 0.3 is 5.97 Å². The molecule has 1 heterocycles. The van der Waals surface area contributed by atoms with Crippen molar-refractivity contribution in [2.75, 3.05) is 20.7 Å². The molecule has 0 bridgehead atoms. The predicted molar refractivity (Wildman–Crippen MR) is 62.1 cm³/mol. The molecule has 0 aliphatic rings. The van der Waals surface area contributed by atoms with Crippen molar-refractivity contribution in [3.8, 4) is 0 Å². The van der Waals surface area contributed by atoms with Gasteiger partial charge in [-0.1, -0.05) is 0 Å². The van der Waals surface area contributed by atoms with E-state index in [1.807, 2.05) is 13.0 Å². The van der Waals surface area contributed by atoms with Gasteiger partial charge in [-0.15, -0.1) is 0 Å². The van der Waals surface area contributed by atoms with Crippen LogP contribution in [0.25, 0.3) is 6.08 Å². The zero-order valence-corrected chi connectivity index (χ0v) is 10.1. The van der Waals surface area contributed by atoms with Crippen molar-refractivity contribution in [3.63, 3.8) is 0 Å². The molecule has 0 fully saturated rings. The molecule has 0 atom stereocenters. The van der Waals surface area contributed by atoms with Crippen molar-refractivity contribution in [2.24, 2.45) is 0 Å². The SMILES string of the molecule is COC(=O)CN(C)C(=O)C=Cc1ccc(C)o1. The molecule has 0 spiro atoms. The van der Waals surface area contributed by atoms with Crippen LogP contribution < -0.4 is 0 Å². The number of carbonyl (C=O) groups is 2. The van der Waals surface area contributed by atoms with Gasteiger partial charge in [0.15, 0.2) is 0 Å². The van der Waals surface area contributed by atoms with E-state index in [1.54, 1.807) is 12.1 Å². The van der Waals surface area contributed by atoms with Gasteiger partial charge in [0.1, 0.15) is 18.1 Å². The lowest BCUT2D eigenvalue weighted by Gasteiger charge is -2.12. The number of nitrogens with zero attached hydrogens (tertiary/aromatic N) is 1. The molecule has 92 valence electrons. The van der Waals surface area contributed by atoms with E-state index in [1.165, 1.54) is 25.1 Å². The van der Waals surface area contributed by atoms with Gasteiger partial charge in [-0.25, -0.2) is 0 Å². The second-order valence-corrected chi connectivity index (χ2v) is 3.55. The van der Waals surface area contributed by atoms with E-state index in [9.17, 15) is 9.59 Å². The van der Waals surface area contributed by atoms with E-state index in [0.717, 1.165) is 5.76 Å². The molecule has 1 amide bonds. The third-order valence-electron chi connectivity index (χ3n) is 2.12. The molecule has 17 heavy (non-hydrogen) atoms. The average molecular weight is 237 g/mol. The summed E-state index contributed by atoms with van der Waals surface area (Å²) in [6, 6.07) is 3.57. The molecule has 0 unspecified atom stereocenters. The fourth-order valence-electron chi connectivity index (χ4n) is 1.16. The number of furan rings is 1. The van der Waals surface area contributed by atoms with Gasteiger partial charge in [0.2, 0.25) is 5.91 Å². The Morgan fingerprint density at radius 3 is 2.71 bits per heavy atom. The zero-order valence-electron chi connectivity index (χ0n) is 10.1. The van der Waals surface area contributed by atoms with Gasteiger partial charge in [-0.05, 0) is 25.1 Å². The van der Waals surface area contributed by atoms with Crippen LogP contribution in [0.4, 0.5) is 0 Å². The van der Waals surface area contributed by atoms with E-state index in [-0.39, 0.29) is 12.5 Å². The highest BCUT2D eigenvalue weighted by molar-refractivity contribution is 5.93. The van der Waals surface area contributed by atoms with Gasteiger partial charge in [0.25, 0.3) is 0 Å². The number of esters is 1. The Morgan fingerprint density at radius 2 is 2.18 bits per heavy atom. The maximum absolute atomic E-state index is 11.6. The van der Waals surface area contributed by atoms with Crippen LogP contribution in [0.3, 0.4) is 0 Å². The molecule has 0 aliphatic carbocycles. The van der Waals surface area contributed by atoms with E-state index in [0.29, 0.717) is 5.76 Å². The summed E-state index contributed by atoms with van der Waals surface area (Å²) in [5.74, 6) is 0.634. The van der Waals surface area contributed by atoms with Crippen LogP contribution in [-0.2, 0) is 14.3 Å². The minimum Gasteiger partial charge on any atom is -0.468 e. The first-order chi connectivity index (χ1) is 8.02. The number of methoxy groups -OCH3 is 1. The Morgan fingerprint density at radius 1 is 1.47 bits per heavy atom. The second-order valence-electron chi connectivity index (χ2n) is 3.55. The minimum absolute atomic E-state index is 0.0726. The van der Waals surface area contributed by atoms with Gasteiger partial charge in [-0.3, -0.25) is 9.59 Å². The largest absolute Gasteiger partial charge is 0.468 e. The van der Waals surface area contributed by atoms with Crippen LogP contribution in [0.15, 0.2) is 22.6 Å². The molecular formula is C12H15NO4. The molecule has 0 aromatic carbocycles. The van der Waals surface area contributed by atoms with Crippen molar-refractivity contribution in [3.05, 3.63) is 29.7 Å². The van der Waals surface area contributed by atoms with E-state index in [4.69, 9.17) is 4.42 Å². The highest BCUT2D eigenvalue weighted by atomic mass is 16.5. The fourth-order valence-corrected chi connectivity index (χ4v) is 1.16. The smallest absolute Gasteiger partial charge is 0.325 e. The lowest BCUT2D eigenvalue weighted by molar-refractivity contribution is -0.144. The molecule has 0 aliphatic heterocycles. The summed E-state index contributed by atoms with van der Waals surface area (Å²) in [7, 11) is 2.80. The lowest BCUT2D eigenvalue weighted by atomic mass is 10.3. The van der Waals surface area contributed by atoms with E-state index in [2.05, 4.69) is 4.74 Å². The van der Waals surface area contributed by atoms with Gasteiger partial charge in [0.05, 0.1) is 7.11 Å². The lowest BCUT2D eigenvalue weighted by Crippen LogP contribution is -2.31. The summed E-state index contributed by atoms with van der Waals surface area (Å²) in [5.41, 5.74) is 0. The average Bonchev–Trinajstić information content (AvgIpc) is 2.71. The number of hydrogen-bond acceptors (Lipinski definition) is 4. The Balaban J connectivity index is 2.54. The summed E-state index contributed by atoms with van der Waals surface area (Å²) in [6.07, 6.45) is 2.91. The maximum atomic E-state index is 11.6. The number of ether oxygens (including phenoxy) is 1. The van der Waals surface area contributed by atoms with Crippen molar-refractivity contribution >= 4 is 18.0 Å². The van der Waals surface area contributed by atoms with Crippen molar-refractivity contribution < 1.29 is 18.7 Å². The summed E-state index contributed by atoms with van der Waals surface area (Å²) >= 11 is 0. The van der Waals surface area contributed by atoms with Crippen molar-refractivity contribution in [2.45, 2.75) is 6.92 Å². The molecule has 5 heteroatoms.